The lowest BCUT2D eigenvalue weighted by atomic mass is 10.2. The van der Waals surface area contributed by atoms with Crippen molar-refractivity contribution >= 4 is 35.0 Å². The highest BCUT2D eigenvalue weighted by Crippen LogP contribution is 2.31. The highest BCUT2D eigenvalue weighted by atomic mass is 35.5. The summed E-state index contributed by atoms with van der Waals surface area (Å²) in [5.41, 5.74) is 1.12. The molecule has 2 aromatic rings. The molecule has 1 aromatic carbocycles. The first-order valence-electron chi connectivity index (χ1n) is 5.42. The second-order valence-corrected chi connectivity index (χ2v) is 6.03. The normalized spacial score (nSPS) is 12.7. The minimum Gasteiger partial charge on any atom is -0.338 e. The topological polar surface area (TPSA) is 38.9 Å². The Morgan fingerprint density at radius 3 is 2.72 bits per heavy atom. The van der Waals surface area contributed by atoms with Crippen LogP contribution in [-0.4, -0.2) is 10.1 Å². The van der Waals surface area contributed by atoms with Crippen molar-refractivity contribution in [1.29, 1.82) is 0 Å². The number of aryl methyl sites for hydroxylation is 1. The van der Waals surface area contributed by atoms with Gasteiger partial charge >= 0.3 is 0 Å². The van der Waals surface area contributed by atoms with Crippen LogP contribution in [0.25, 0.3) is 0 Å². The van der Waals surface area contributed by atoms with Crippen molar-refractivity contribution in [3.05, 3.63) is 45.5 Å². The Hall–Kier alpha value is -0.710. The van der Waals surface area contributed by atoms with Crippen LogP contribution in [-0.2, 0) is 5.75 Å². The number of hydrogen-bond donors (Lipinski definition) is 0. The molecule has 0 aliphatic heterocycles. The van der Waals surface area contributed by atoms with Gasteiger partial charge in [-0.1, -0.05) is 34.4 Å². The molecule has 0 amide bonds. The lowest BCUT2D eigenvalue weighted by Gasteiger charge is -2.07. The van der Waals surface area contributed by atoms with E-state index in [-0.39, 0.29) is 5.25 Å². The summed E-state index contributed by atoms with van der Waals surface area (Å²) in [4.78, 5) is 4.21. The predicted octanol–water partition coefficient (Wildman–Crippen LogP) is 4.68. The standard InChI is InChI=1S/C12H12Cl2N2OS/c1-7(12-15-8(2)16-17-12)18-6-9-3-4-10(13)11(14)5-9/h3-5,7H,6H2,1-2H3. The number of halogens is 2. The van der Waals surface area contributed by atoms with Crippen molar-refractivity contribution < 1.29 is 4.52 Å². The fourth-order valence-corrected chi connectivity index (χ4v) is 2.58. The summed E-state index contributed by atoms with van der Waals surface area (Å²) in [7, 11) is 0. The number of thioether (sulfide) groups is 1. The SMILES string of the molecule is Cc1noc(C(C)SCc2ccc(Cl)c(Cl)c2)n1. The zero-order valence-corrected chi connectivity index (χ0v) is 12.3. The third kappa shape index (κ3) is 3.40. The Morgan fingerprint density at radius 1 is 1.33 bits per heavy atom. The molecule has 0 bridgehead atoms. The summed E-state index contributed by atoms with van der Waals surface area (Å²) in [6.07, 6.45) is 0. The van der Waals surface area contributed by atoms with Crippen LogP contribution in [0.15, 0.2) is 22.7 Å². The molecule has 1 heterocycles. The monoisotopic (exact) mass is 302 g/mol. The molecule has 0 saturated heterocycles. The molecule has 0 spiro atoms. The second-order valence-electron chi connectivity index (χ2n) is 3.88. The van der Waals surface area contributed by atoms with E-state index >= 15 is 0 Å². The molecule has 3 nitrogen and oxygen atoms in total. The quantitative estimate of drug-likeness (QED) is 0.822. The molecule has 96 valence electrons. The molecular formula is C12H12Cl2N2OS. The first kappa shape index (κ1) is 13.7. The fraction of sp³-hybridized carbons (Fsp3) is 0.333. The number of nitrogens with zero attached hydrogens (tertiary/aromatic N) is 2. The molecule has 2 rings (SSSR count). The maximum absolute atomic E-state index is 5.97. The first-order valence-corrected chi connectivity index (χ1v) is 7.22. The minimum absolute atomic E-state index is 0.153. The third-order valence-corrected chi connectivity index (χ3v) is 4.32. The van der Waals surface area contributed by atoms with E-state index in [2.05, 4.69) is 10.1 Å². The summed E-state index contributed by atoms with van der Waals surface area (Å²) in [5.74, 6) is 2.13. The number of hydrogen-bond acceptors (Lipinski definition) is 4. The molecule has 1 unspecified atom stereocenters. The second kappa shape index (κ2) is 5.95. The summed E-state index contributed by atoms with van der Waals surface area (Å²) in [5, 5.41) is 5.09. The van der Waals surface area contributed by atoms with Crippen LogP contribution in [0.3, 0.4) is 0 Å². The largest absolute Gasteiger partial charge is 0.338 e. The van der Waals surface area contributed by atoms with E-state index in [0.717, 1.165) is 11.3 Å². The Bertz CT molecular complexity index is 545. The highest BCUT2D eigenvalue weighted by molar-refractivity contribution is 7.98. The van der Waals surface area contributed by atoms with Gasteiger partial charge in [0, 0.05) is 5.75 Å². The van der Waals surface area contributed by atoms with E-state index in [9.17, 15) is 0 Å². The minimum atomic E-state index is 0.153. The van der Waals surface area contributed by atoms with Crippen molar-refractivity contribution in [2.75, 3.05) is 0 Å². The molecule has 1 aromatic heterocycles. The summed E-state index contributed by atoms with van der Waals surface area (Å²) in [6, 6.07) is 5.65. The molecule has 0 aliphatic rings. The van der Waals surface area contributed by atoms with E-state index in [4.69, 9.17) is 27.7 Å². The average Bonchev–Trinajstić information content (AvgIpc) is 2.77. The van der Waals surface area contributed by atoms with Crippen molar-refractivity contribution in [2.24, 2.45) is 0 Å². The lowest BCUT2D eigenvalue weighted by Crippen LogP contribution is -1.90. The van der Waals surface area contributed by atoms with Gasteiger partial charge in [0.15, 0.2) is 5.82 Å². The first-order chi connectivity index (χ1) is 8.56. The summed E-state index contributed by atoms with van der Waals surface area (Å²) < 4.78 is 5.13. The smallest absolute Gasteiger partial charge is 0.239 e. The fourth-order valence-electron chi connectivity index (χ4n) is 1.40. The molecule has 1 atom stereocenters. The van der Waals surface area contributed by atoms with Crippen LogP contribution in [0.2, 0.25) is 10.0 Å². The van der Waals surface area contributed by atoms with Crippen LogP contribution in [0, 0.1) is 6.92 Å². The van der Waals surface area contributed by atoms with Gasteiger partial charge in [0.1, 0.15) is 0 Å². The molecule has 0 N–H and O–H groups in total. The average molecular weight is 303 g/mol. The van der Waals surface area contributed by atoms with E-state index in [1.807, 2.05) is 26.0 Å². The van der Waals surface area contributed by atoms with E-state index < -0.39 is 0 Å². The Morgan fingerprint density at radius 2 is 2.11 bits per heavy atom. The Balaban J connectivity index is 1.97. The van der Waals surface area contributed by atoms with Crippen LogP contribution in [0.1, 0.15) is 29.5 Å². The van der Waals surface area contributed by atoms with Gasteiger partial charge in [0.2, 0.25) is 5.89 Å². The van der Waals surface area contributed by atoms with Gasteiger partial charge in [0.05, 0.1) is 15.3 Å². The van der Waals surface area contributed by atoms with Gasteiger partial charge in [-0.05, 0) is 31.5 Å². The maximum atomic E-state index is 5.97. The number of aromatic nitrogens is 2. The highest BCUT2D eigenvalue weighted by Gasteiger charge is 2.13. The van der Waals surface area contributed by atoms with Crippen molar-refractivity contribution in [1.82, 2.24) is 10.1 Å². The third-order valence-electron chi connectivity index (χ3n) is 2.38. The van der Waals surface area contributed by atoms with Crippen LogP contribution < -0.4 is 0 Å². The molecule has 0 saturated carbocycles. The number of benzene rings is 1. The summed E-state index contributed by atoms with van der Waals surface area (Å²) >= 11 is 13.5. The molecule has 0 fully saturated rings. The van der Waals surface area contributed by atoms with Gasteiger partial charge in [-0.15, -0.1) is 11.8 Å². The van der Waals surface area contributed by atoms with E-state index in [0.29, 0.717) is 21.8 Å². The van der Waals surface area contributed by atoms with Gasteiger partial charge in [0.25, 0.3) is 0 Å². The van der Waals surface area contributed by atoms with Gasteiger partial charge in [-0.3, -0.25) is 0 Å². The zero-order chi connectivity index (χ0) is 13.1. The Kier molecular flexibility index (Phi) is 4.54. The lowest BCUT2D eigenvalue weighted by molar-refractivity contribution is 0.376. The molecule has 0 radical (unpaired) electrons. The molecule has 0 aliphatic carbocycles. The van der Waals surface area contributed by atoms with Gasteiger partial charge in [-0.2, -0.15) is 4.98 Å². The zero-order valence-electron chi connectivity index (χ0n) is 9.98. The maximum Gasteiger partial charge on any atom is 0.239 e. The van der Waals surface area contributed by atoms with Gasteiger partial charge in [-0.25, -0.2) is 0 Å². The van der Waals surface area contributed by atoms with Crippen LogP contribution in [0.4, 0.5) is 0 Å². The van der Waals surface area contributed by atoms with E-state index in [1.54, 1.807) is 17.8 Å². The van der Waals surface area contributed by atoms with Crippen LogP contribution >= 0.6 is 35.0 Å². The predicted molar refractivity (Wildman–Crippen MR) is 75.2 cm³/mol. The van der Waals surface area contributed by atoms with E-state index in [1.165, 1.54) is 0 Å². The van der Waals surface area contributed by atoms with Crippen molar-refractivity contribution in [2.45, 2.75) is 24.9 Å². The molecule has 6 heteroatoms. The van der Waals surface area contributed by atoms with Gasteiger partial charge < -0.3 is 4.52 Å². The van der Waals surface area contributed by atoms with Crippen molar-refractivity contribution in [3.63, 3.8) is 0 Å². The summed E-state index contributed by atoms with van der Waals surface area (Å²) in [6.45, 7) is 3.85. The Labute approximate surface area is 120 Å². The number of rotatable bonds is 4. The molecule has 18 heavy (non-hydrogen) atoms. The van der Waals surface area contributed by atoms with Crippen molar-refractivity contribution in [3.8, 4) is 0 Å². The van der Waals surface area contributed by atoms with Crippen LogP contribution in [0.5, 0.6) is 0 Å². The molecular weight excluding hydrogens is 291 g/mol.